The molecule has 21 heavy (non-hydrogen) atoms. The smallest absolute Gasteiger partial charge is 0.0775 e. The molecule has 2 atom stereocenters. The number of alkyl halides is 1. The summed E-state index contributed by atoms with van der Waals surface area (Å²) in [6.07, 6.45) is 12.5. The molecule has 2 heteroatoms. The minimum Gasteiger partial charge on any atom is -0.371 e. The minimum atomic E-state index is 0.197. The van der Waals surface area contributed by atoms with Gasteiger partial charge < -0.3 is 4.74 Å². The first-order chi connectivity index (χ1) is 9.88. The standard InChI is InChI=1S/C19H35IO/c1-5-6-16-7-9-19(14-20,10-8-16)21-17-11-15(2)12-18(3,4)13-17/h15-17H,5-14H2,1-4H3. The maximum atomic E-state index is 6.79. The lowest BCUT2D eigenvalue weighted by Gasteiger charge is -2.46. The molecule has 1 nitrogen and oxygen atoms in total. The summed E-state index contributed by atoms with van der Waals surface area (Å²) < 4.78 is 7.97. The molecule has 2 aliphatic rings. The fourth-order valence-electron chi connectivity index (χ4n) is 4.89. The molecular formula is C19H35IO. The van der Waals surface area contributed by atoms with E-state index in [0.717, 1.165) is 11.8 Å². The Hall–Kier alpha value is 0.690. The fourth-order valence-corrected chi connectivity index (χ4v) is 5.83. The molecule has 2 aliphatic carbocycles. The van der Waals surface area contributed by atoms with Gasteiger partial charge in [0.25, 0.3) is 0 Å². The van der Waals surface area contributed by atoms with E-state index in [2.05, 4.69) is 50.3 Å². The predicted octanol–water partition coefficient (Wildman–Crippen LogP) is 6.38. The van der Waals surface area contributed by atoms with Crippen LogP contribution in [-0.2, 0) is 4.74 Å². The van der Waals surface area contributed by atoms with E-state index in [9.17, 15) is 0 Å². The summed E-state index contributed by atoms with van der Waals surface area (Å²) in [7, 11) is 0. The number of hydrogen-bond acceptors (Lipinski definition) is 1. The number of rotatable bonds is 5. The van der Waals surface area contributed by atoms with E-state index in [1.165, 1.54) is 62.2 Å². The van der Waals surface area contributed by atoms with Crippen LogP contribution in [0.25, 0.3) is 0 Å². The summed E-state index contributed by atoms with van der Waals surface area (Å²) in [5.74, 6) is 1.79. The van der Waals surface area contributed by atoms with Gasteiger partial charge in [-0.25, -0.2) is 0 Å². The third-order valence-electron chi connectivity index (χ3n) is 5.72. The second-order valence-electron chi connectivity index (χ2n) is 8.70. The van der Waals surface area contributed by atoms with Crippen molar-refractivity contribution in [3.63, 3.8) is 0 Å². The Labute approximate surface area is 146 Å². The Balaban J connectivity index is 1.93. The Bertz CT molecular complexity index is 318. The van der Waals surface area contributed by atoms with E-state index < -0.39 is 0 Å². The van der Waals surface area contributed by atoms with E-state index in [-0.39, 0.29) is 5.60 Å². The van der Waals surface area contributed by atoms with Crippen molar-refractivity contribution >= 4 is 22.6 Å². The third kappa shape index (κ3) is 5.09. The van der Waals surface area contributed by atoms with Crippen molar-refractivity contribution in [3.8, 4) is 0 Å². The fraction of sp³-hybridized carbons (Fsp3) is 1.00. The molecule has 0 aromatic rings. The van der Waals surface area contributed by atoms with Crippen molar-refractivity contribution < 1.29 is 4.74 Å². The third-order valence-corrected chi connectivity index (χ3v) is 7.11. The predicted molar refractivity (Wildman–Crippen MR) is 100 cm³/mol. The van der Waals surface area contributed by atoms with E-state index in [0.29, 0.717) is 11.5 Å². The van der Waals surface area contributed by atoms with Crippen molar-refractivity contribution in [3.05, 3.63) is 0 Å². The van der Waals surface area contributed by atoms with Crippen molar-refractivity contribution in [2.24, 2.45) is 17.3 Å². The molecule has 0 aliphatic heterocycles. The lowest BCUT2D eigenvalue weighted by Crippen LogP contribution is -2.45. The number of ether oxygens (including phenoxy) is 1. The quantitative estimate of drug-likeness (QED) is 0.380. The molecule has 0 spiro atoms. The summed E-state index contributed by atoms with van der Waals surface area (Å²) in [6.45, 7) is 9.58. The van der Waals surface area contributed by atoms with Crippen LogP contribution in [-0.4, -0.2) is 16.1 Å². The highest BCUT2D eigenvalue weighted by Crippen LogP contribution is 2.44. The summed E-state index contributed by atoms with van der Waals surface area (Å²) in [6, 6.07) is 0. The van der Waals surface area contributed by atoms with E-state index >= 15 is 0 Å². The van der Waals surface area contributed by atoms with Gasteiger partial charge in [-0.15, -0.1) is 0 Å². The SMILES string of the molecule is CCCC1CCC(CI)(OC2CC(C)CC(C)(C)C2)CC1. The largest absolute Gasteiger partial charge is 0.371 e. The highest BCUT2D eigenvalue weighted by Gasteiger charge is 2.40. The topological polar surface area (TPSA) is 9.23 Å². The van der Waals surface area contributed by atoms with Gasteiger partial charge in [0, 0.05) is 4.43 Å². The zero-order valence-corrected chi connectivity index (χ0v) is 16.7. The molecule has 0 aromatic carbocycles. The lowest BCUT2D eigenvalue weighted by atomic mass is 9.71. The maximum absolute atomic E-state index is 6.79. The molecule has 2 fully saturated rings. The van der Waals surface area contributed by atoms with Gasteiger partial charge in [-0.05, 0) is 62.2 Å². The van der Waals surface area contributed by atoms with Gasteiger partial charge in [0.15, 0.2) is 0 Å². The Morgan fingerprint density at radius 2 is 1.81 bits per heavy atom. The van der Waals surface area contributed by atoms with Crippen LogP contribution in [0.3, 0.4) is 0 Å². The monoisotopic (exact) mass is 406 g/mol. The van der Waals surface area contributed by atoms with Gasteiger partial charge in [-0.2, -0.15) is 0 Å². The van der Waals surface area contributed by atoms with Crippen LogP contribution in [0.2, 0.25) is 0 Å². The van der Waals surface area contributed by atoms with Crippen LogP contribution >= 0.6 is 22.6 Å². The van der Waals surface area contributed by atoms with E-state index in [1.807, 2.05) is 0 Å². The van der Waals surface area contributed by atoms with Gasteiger partial charge in [0.1, 0.15) is 0 Å². The normalized spacial score (nSPS) is 40.1. The summed E-state index contributed by atoms with van der Waals surface area (Å²) in [4.78, 5) is 0. The van der Waals surface area contributed by atoms with Crippen LogP contribution in [0.1, 0.15) is 85.5 Å². The average molecular weight is 406 g/mol. The lowest BCUT2D eigenvalue weighted by molar-refractivity contribution is -0.133. The van der Waals surface area contributed by atoms with Crippen molar-refractivity contribution in [1.29, 1.82) is 0 Å². The molecule has 2 unspecified atom stereocenters. The van der Waals surface area contributed by atoms with Gasteiger partial charge in [0.05, 0.1) is 11.7 Å². The number of hydrogen-bond donors (Lipinski definition) is 0. The molecule has 2 saturated carbocycles. The van der Waals surface area contributed by atoms with Crippen molar-refractivity contribution in [1.82, 2.24) is 0 Å². The molecule has 0 N–H and O–H groups in total. The molecular weight excluding hydrogens is 371 g/mol. The summed E-state index contributed by atoms with van der Waals surface area (Å²) in [5, 5.41) is 0. The molecule has 0 amide bonds. The molecule has 0 bridgehead atoms. The second kappa shape index (κ2) is 7.51. The molecule has 0 aromatic heterocycles. The molecule has 0 heterocycles. The second-order valence-corrected chi connectivity index (χ2v) is 9.46. The van der Waals surface area contributed by atoms with Gasteiger partial charge in [0.2, 0.25) is 0 Å². The molecule has 2 rings (SSSR count). The Kier molecular flexibility index (Phi) is 6.45. The first-order valence-electron chi connectivity index (χ1n) is 9.12. The molecule has 0 radical (unpaired) electrons. The maximum Gasteiger partial charge on any atom is 0.0775 e. The minimum absolute atomic E-state index is 0.197. The highest BCUT2D eigenvalue weighted by atomic mass is 127. The average Bonchev–Trinajstić information content (AvgIpc) is 2.39. The molecule has 0 saturated heterocycles. The van der Waals surface area contributed by atoms with Crippen LogP contribution in [0.4, 0.5) is 0 Å². The Morgan fingerprint density at radius 1 is 1.14 bits per heavy atom. The molecule has 124 valence electrons. The first kappa shape index (κ1) is 18.0. The van der Waals surface area contributed by atoms with Gasteiger partial charge in [-0.1, -0.05) is 63.1 Å². The zero-order chi connectivity index (χ0) is 15.5. The summed E-state index contributed by atoms with van der Waals surface area (Å²) >= 11 is 2.57. The zero-order valence-electron chi connectivity index (χ0n) is 14.6. The van der Waals surface area contributed by atoms with Gasteiger partial charge in [-0.3, -0.25) is 0 Å². The highest BCUT2D eigenvalue weighted by molar-refractivity contribution is 14.1. The van der Waals surface area contributed by atoms with Crippen molar-refractivity contribution in [2.45, 2.75) is 97.2 Å². The Morgan fingerprint density at radius 3 is 2.33 bits per heavy atom. The van der Waals surface area contributed by atoms with Crippen LogP contribution in [0.15, 0.2) is 0 Å². The van der Waals surface area contributed by atoms with Crippen molar-refractivity contribution in [2.75, 3.05) is 4.43 Å². The van der Waals surface area contributed by atoms with Gasteiger partial charge >= 0.3 is 0 Å². The summed E-state index contributed by atoms with van der Waals surface area (Å²) in [5.41, 5.74) is 0.664. The van der Waals surface area contributed by atoms with Crippen LogP contribution in [0.5, 0.6) is 0 Å². The number of halogens is 1. The van der Waals surface area contributed by atoms with E-state index in [1.54, 1.807) is 0 Å². The van der Waals surface area contributed by atoms with Crippen LogP contribution in [0, 0.1) is 17.3 Å². The van der Waals surface area contributed by atoms with E-state index in [4.69, 9.17) is 4.74 Å². The first-order valence-corrected chi connectivity index (χ1v) is 10.6. The van der Waals surface area contributed by atoms with Crippen LogP contribution < -0.4 is 0 Å².